The van der Waals surface area contributed by atoms with Crippen LogP contribution in [0, 0.1) is 22.7 Å². The molecule has 0 amide bonds. The lowest BCUT2D eigenvalue weighted by atomic mass is 10.1. The second kappa shape index (κ2) is 8.81. The Morgan fingerprint density at radius 1 is 0.442 bits per heavy atom. The van der Waals surface area contributed by atoms with Crippen LogP contribution in [0.1, 0.15) is 11.1 Å². The van der Waals surface area contributed by atoms with Gasteiger partial charge >= 0.3 is 0 Å². The maximum absolute atomic E-state index is 9.70. The van der Waals surface area contributed by atoms with E-state index in [9.17, 15) is 10.5 Å². The summed E-state index contributed by atoms with van der Waals surface area (Å²) >= 11 is 1.85. The molecule has 0 aliphatic rings. The fourth-order valence-electron chi connectivity index (χ4n) is 6.80. The summed E-state index contributed by atoms with van der Waals surface area (Å²) in [5.74, 6) is 0. The van der Waals surface area contributed by atoms with Gasteiger partial charge in [-0.05, 0) is 54.6 Å². The van der Waals surface area contributed by atoms with Crippen LogP contribution < -0.4 is 0 Å². The van der Waals surface area contributed by atoms with Crippen molar-refractivity contribution in [1.82, 2.24) is 9.13 Å². The number of para-hydroxylation sites is 3. The van der Waals surface area contributed by atoms with E-state index < -0.39 is 0 Å². The number of hydrogen-bond donors (Lipinski definition) is 0. The number of benzene rings is 6. The van der Waals surface area contributed by atoms with Crippen molar-refractivity contribution in [3.05, 3.63) is 132 Å². The second-order valence-corrected chi connectivity index (χ2v) is 11.8. The van der Waals surface area contributed by atoms with Gasteiger partial charge in [0.15, 0.2) is 0 Å². The van der Waals surface area contributed by atoms with E-state index in [1.165, 1.54) is 47.4 Å². The van der Waals surface area contributed by atoms with Crippen molar-refractivity contribution in [3.63, 3.8) is 0 Å². The third-order valence-electron chi connectivity index (χ3n) is 8.52. The molecule has 198 valence electrons. The summed E-state index contributed by atoms with van der Waals surface area (Å²) in [6.07, 6.45) is 0. The highest BCUT2D eigenvalue weighted by Gasteiger charge is 2.21. The minimum Gasteiger partial charge on any atom is -0.309 e. The van der Waals surface area contributed by atoms with E-state index in [0.717, 1.165) is 27.8 Å². The van der Waals surface area contributed by atoms with E-state index in [1.807, 2.05) is 29.5 Å². The van der Waals surface area contributed by atoms with Crippen LogP contribution in [-0.4, -0.2) is 9.13 Å². The quantitative estimate of drug-likeness (QED) is 0.210. The van der Waals surface area contributed by atoms with Crippen LogP contribution in [0.15, 0.2) is 121 Å². The van der Waals surface area contributed by atoms with Gasteiger partial charge in [-0.15, -0.1) is 11.3 Å². The molecular formula is C38H20N4S. The smallest absolute Gasteiger partial charge is 0.0992 e. The first kappa shape index (κ1) is 23.8. The van der Waals surface area contributed by atoms with Gasteiger partial charge in [0, 0.05) is 53.1 Å². The monoisotopic (exact) mass is 564 g/mol. The van der Waals surface area contributed by atoms with E-state index in [0.29, 0.717) is 11.1 Å². The maximum atomic E-state index is 9.70. The van der Waals surface area contributed by atoms with Crippen LogP contribution in [0.25, 0.3) is 75.2 Å². The molecule has 4 nitrogen and oxygen atoms in total. The van der Waals surface area contributed by atoms with Gasteiger partial charge in [0.1, 0.15) is 0 Å². The summed E-state index contributed by atoms with van der Waals surface area (Å²) in [4.78, 5) is 0. The molecular weight excluding hydrogens is 545 g/mol. The summed E-state index contributed by atoms with van der Waals surface area (Å²) in [5.41, 5.74) is 7.41. The van der Waals surface area contributed by atoms with Crippen molar-refractivity contribution in [1.29, 1.82) is 10.5 Å². The van der Waals surface area contributed by atoms with E-state index in [-0.39, 0.29) is 0 Å². The number of rotatable bonds is 2. The Labute approximate surface area is 250 Å². The Hall–Kier alpha value is -5.88. The highest BCUT2D eigenvalue weighted by molar-refractivity contribution is 7.27. The Balaban J connectivity index is 1.44. The van der Waals surface area contributed by atoms with Crippen LogP contribution >= 0.6 is 11.3 Å². The number of nitriles is 2. The maximum Gasteiger partial charge on any atom is 0.0992 e. The van der Waals surface area contributed by atoms with Gasteiger partial charge in [-0.1, -0.05) is 66.7 Å². The Kier molecular flexibility index (Phi) is 4.87. The Morgan fingerprint density at radius 2 is 0.930 bits per heavy atom. The average Bonchev–Trinajstić information content (AvgIpc) is 3.72. The van der Waals surface area contributed by atoms with Crippen molar-refractivity contribution in [2.24, 2.45) is 0 Å². The number of thiophene rings is 1. The normalized spacial score (nSPS) is 11.7. The molecule has 43 heavy (non-hydrogen) atoms. The molecule has 0 spiro atoms. The minimum absolute atomic E-state index is 0.472. The van der Waals surface area contributed by atoms with Crippen molar-refractivity contribution < 1.29 is 0 Å². The fourth-order valence-corrected chi connectivity index (χ4v) is 8.21. The molecule has 0 atom stereocenters. The highest BCUT2D eigenvalue weighted by atomic mass is 32.1. The van der Waals surface area contributed by atoms with E-state index in [1.54, 1.807) is 6.07 Å². The van der Waals surface area contributed by atoms with Crippen LogP contribution in [0.3, 0.4) is 0 Å². The molecule has 9 aromatic rings. The van der Waals surface area contributed by atoms with E-state index in [2.05, 4.69) is 118 Å². The highest BCUT2D eigenvalue weighted by Crippen LogP contribution is 2.47. The topological polar surface area (TPSA) is 57.4 Å². The molecule has 0 fully saturated rings. The summed E-state index contributed by atoms with van der Waals surface area (Å²) in [5, 5.41) is 26.7. The zero-order chi connectivity index (χ0) is 28.7. The second-order valence-electron chi connectivity index (χ2n) is 10.8. The number of nitrogens with zero attached hydrogens (tertiary/aromatic N) is 4. The molecule has 0 saturated heterocycles. The van der Waals surface area contributed by atoms with Gasteiger partial charge in [-0.3, -0.25) is 0 Å². The van der Waals surface area contributed by atoms with E-state index >= 15 is 0 Å². The van der Waals surface area contributed by atoms with Crippen LogP contribution in [0.4, 0.5) is 0 Å². The molecule has 6 aromatic carbocycles. The van der Waals surface area contributed by atoms with Crippen LogP contribution in [0.2, 0.25) is 0 Å². The molecule has 9 rings (SSSR count). The summed E-state index contributed by atoms with van der Waals surface area (Å²) in [6, 6.07) is 46.4. The summed E-state index contributed by atoms with van der Waals surface area (Å²) < 4.78 is 7.07. The van der Waals surface area contributed by atoms with Crippen molar-refractivity contribution >= 4 is 75.1 Å². The molecule has 0 aliphatic heterocycles. The van der Waals surface area contributed by atoms with Crippen LogP contribution in [0.5, 0.6) is 0 Å². The standard InChI is InChI=1S/C38H20N4S/c39-21-23-18-24(22-40)20-26(19-23)42-32-13-7-5-11-30(32)36-34(42)17-15-28-27-14-16-33-35(37(27)43-38(28)36)29-10-4-6-12-31(29)41(33)25-8-2-1-3-9-25/h1-20H. The van der Waals surface area contributed by atoms with Gasteiger partial charge in [-0.25, -0.2) is 0 Å². The first-order valence-corrected chi connectivity index (χ1v) is 14.9. The average molecular weight is 565 g/mol. The predicted octanol–water partition coefficient (Wildman–Crippen LogP) is 9.99. The zero-order valence-electron chi connectivity index (χ0n) is 22.7. The Bertz CT molecular complexity index is 2660. The van der Waals surface area contributed by atoms with Crippen molar-refractivity contribution in [2.75, 3.05) is 0 Å². The lowest BCUT2D eigenvalue weighted by Crippen LogP contribution is -1.95. The number of aromatic nitrogens is 2. The summed E-state index contributed by atoms with van der Waals surface area (Å²) in [6.45, 7) is 0. The van der Waals surface area contributed by atoms with E-state index in [4.69, 9.17) is 0 Å². The van der Waals surface area contributed by atoms with Crippen LogP contribution in [-0.2, 0) is 0 Å². The predicted molar refractivity (Wildman–Crippen MR) is 177 cm³/mol. The molecule has 0 aliphatic carbocycles. The number of hydrogen-bond acceptors (Lipinski definition) is 3. The SMILES string of the molecule is N#Cc1cc(C#N)cc(-n2c3ccccc3c3c4sc5c(ccc6c5c5ccccc5n6-c5ccccc5)c4ccc32)c1. The molecule has 0 unspecified atom stereocenters. The third kappa shape index (κ3) is 3.23. The lowest BCUT2D eigenvalue weighted by Gasteiger charge is -2.09. The fraction of sp³-hybridized carbons (Fsp3) is 0. The largest absolute Gasteiger partial charge is 0.309 e. The molecule has 3 aromatic heterocycles. The lowest BCUT2D eigenvalue weighted by molar-refractivity contribution is 1.17. The van der Waals surface area contributed by atoms with Gasteiger partial charge in [-0.2, -0.15) is 10.5 Å². The molecule has 0 radical (unpaired) electrons. The molecule has 0 N–H and O–H groups in total. The minimum atomic E-state index is 0.472. The van der Waals surface area contributed by atoms with Gasteiger partial charge < -0.3 is 9.13 Å². The molecule has 0 saturated carbocycles. The Morgan fingerprint density at radius 3 is 1.47 bits per heavy atom. The first-order chi connectivity index (χ1) is 21.2. The van der Waals surface area contributed by atoms with Crippen molar-refractivity contribution in [3.8, 4) is 23.5 Å². The molecule has 5 heteroatoms. The summed E-state index contributed by atoms with van der Waals surface area (Å²) in [7, 11) is 0. The molecule has 0 bridgehead atoms. The van der Waals surface area contributed by atoms with Gasteiger partial charge in [0.25, 0.3) is 0 Å². The van der Waals surface area contributed by atoms with Gasteiger partial charge in [0.05, 0.1) is 45.3 Å². The van der Waals surface area contributed by atoms with Crippen molar-refractivity contribution in [2.45, 2.75) is 0 Å². The first-order valence-electron chi connectivity index (χ1n) is 14.1. The number of fused-ring (bicyclic) bond motifs is 11. The molecule has 3 heterocycles. The third-order valence-corrected chi connectivity index (χ3v) is 9.78. The van der Waals surface area contributed by atoms with Gasteiger partial charge in [0.2, 0.25) is 0 Å². The zero-order valence-corrected chi connectivity index (χ0v) is 23.6.